The van der Waals surface area contributed by atoms with Gasteiger partial charge >= 0.3 is 6.09 Å². The molecule has 35 heavy (non-hydrogen) atoms. The van der Waals surface area contributed by atoms with E-state index in [2.05, 4.69) is 15.6 Å². The molecule has 0 atom stereocenters. The second kappa shape index (κ2) is 10.8. The minimum atomic E-state index is -1.06. The van der Waals surface area contributed by atoms with Crippen LogP contribution in [0.5, 0.6) is 11.6 Å². The van der Waals surface area contributed by atoms with E-state index in [1.54, 1.807) is 36.4 Å². The summed E-state index contributed by atoms with van der Waals surface area (Å²) in [5.41, 5.74) is 2.12. The highest BCUT2D eigenvalue weighted by Crippen LogP contribution is 2.29. The van der Waals surface area contributed by atoms with Crippen molar-refractivity contribution in [2.45, 2.75) is 37.8 Å². The van der Waals surface area contributed by atoms with Crippen molar-refractivity contribution in [3.05, 3.63) is 77.7 Å². The van der Waals surface area contributed by atoms with Gasteiger partial charge in [-0.05, 0) is 61.1 Å². The topological polar surface area (TPSA) is 118 Å². The number of carbonyl (C=O) groups excluding carboxylic acids is 2. The summed E-state index contributed by atoms with van der Waals surface area (Å²) in [6.07, 6.45) is 3.07. The molecule has 9 heteroatoms. The van der Waals surface area contributed by atoms with Crippen LogP contribution in [0.2, 0.25) is 0 Å². The number of aromatic nitrogens is 1. The molecule has 3 aromatic rings. The Morgan fingerprint density at radius 3 is 2.31 bits per heavy atom. The Kier molecular flexibility index (Phi) is 7.35. The van der Waals surface area contributed by atoms with Crippen LogP contribution in [0.4, 0.5) is 9.18 Å². The number of hydrogen-bond donors (Lipinski definition) is 3. The van der Waals surface area contributed by atoms with Crippen molar-refractivity contribution in [1.29, 1.82) is 0 Å². The highest BCUT2D eigenvalue weighted by Gasteiger charge is 2.25. The zero-order chi connectivity index (χ0) is 24.8. The summed E-state index contributed by atoms with van der Waals surface area (Å²) in [5.74, 6) is -0.830. The predicted molar refractivity (Wildman–Crippen MR) is 126 cm³/mol. The lowest BCUT2D eigenvalue weighted by Gasteiger charge is -2.29. The molecule has 3 N–H and O–H groups in total. The normalized spacial score (nSPS) is 17.3. The van der Waals surface area contributed by atoms with E-state index < -0.39 is 17.8 Å². The summed E-state index contributed by atoms with van der Waals surface area (Å²) >= 11 is 0. The zero-order valence-corrected chi connectivity index (χ0v) is 18.7. The number of nitrogens with one attached hydrogen (secondary N) is 2. The third kappa shape index (κ3) is 6.20. The Labute approximate surface area is 201 Å². The molecule has 4 rings (SSSR count). The van der Waals surface area contributed by atoms with Crippen LogP contribution in [-0.2, 0) is 0 Å². The Hall–Kier alpha value is -4.27. The van der Waals surface area contributed by atoms with E-state index >= 15 is 0 Å². The van der Waals surface area contributed by atoms with Crippen LogP contribution < -0.4 is 15.4 Å². The number of pyridine rings is 1. The van der Waals surface area contributed by atoms with Gasteiger partial charge in [0.25, 0.3) is 5.91 Å². The molecule has 0 aliphatic heterocycles. The minimum Gasteiger partial charge on any atom is -0.465 e. The number of hydrogen-bond acceptors (Lipinski definition) is 5. The summed E-state index contributed by atoms with van der Waals surface area (Å²) in [5, 5.41) is 14.2. The molecule has 8 nitrogen and oxygen atoms in total. The molecule has 1 aromatic heterocycles. The average Bonchev–Trinajstić information content (AvgIpc) is 2.86. The van der Waals surface area contributed by atoms with Crippen molar-refractivity contribution in [1.82, 2.24) is 15.6 Å². The van der Waals surface area contributed by atoms with Crippen molar-refractivity contribution in [2.75, 3.05) is 0 Å². The first-order valence-electron chi connectivity index (χ1n) is 11.2. The minimum absolute atomic E-state index is 0.0378. The molecule has 1 saturated carbocycles. The number of ether oxygens (including phenoxy) is 1. The van der Waals surface area contributed by atoms with Gasteiger partial charge in [-0.3, -0.25) is 9.59 Å². The molecule has 1 heterocycles. The SMILES string of the molecule is O=Cc1cccc(-c2cccc(Oc3ncc(F)cc3C(=O)N[C@H]3CC[C@H](NC(=O)O)CC3)c2)c1. The maximum absolute atomic E-state index is 14.0. The fraction of sp³-hybridized carbons (Fsp3) is 0.231. The largest absolute Gasteiger partial charge is 0.465 e. The quantitative estimate of drug-likeness (QED) is 0.421. The van der Waals surface area contributed by atoms with E-state index in [4.69, 9.17) is 9.84 Å². The lowest BCUT2D eigenvalue weighted by atomic mass is 9.91. The van der Waals surface area contributed by atoms with E-state index in [1.807, 2.05) is 12.1 Å². The first kappa shape index (κ1) is 23.9. The maximum Gasteiger partial charge on any atom is 0.404 e. The Morgan fingerprint density at radius 2 is 1.63 bits per heavy atom. The van der Waals surface area contributed by atoms with Crippen molar-refractivity contribution in [2.24, 2.45) is 0 Å². The third-order valence-electron chi connectivity index (χ3n) is 5.86. The van der Waals surface area contributed by atoms with Crippen molar-refractivity contribution < 1.29 is 28.6 Å². The van der Waals surface area contributed by atoms with E-state index in [0.717, 1.165) is 29.7 Å². The second-order valence-electron chi connectivity index (χ2n) is 8.35. The molecule has 180 valence electrons. The fourth-order valence-corrected chi connectivity index (χ4v) is 4.13. The first-order chi connectivity index (χ1) is 16.9. The number of nitrogens with zero attached hydrogens (tertiary/aromatic N) is 1. The van der Waals surface area contributed by atoms with Crippen LogP contribution in [0.25, 0.3) is 11.1 Å². The number of carbonyl (C=O) groups is 3. The van der Waals surface area contributed by atoms with E-state index in [9.17, 15) is 18.8 Å². The molecule has 1 aliphatic rings. The third-order valence-corrected chi connectivity index (χ3v) is 5.86. The maximum atomic E-state index is 14.0. The van der Waals surface area contributed by atoms with Gasteiger partial charge in [-0.1, -0.05) is 30.3 Å². The summed E-state index contributed by atoms with van der Waals surface area (Å²) in [6.45, 7) is 0. The van der Waals surface area contributed by atoms with Gasteiger partial charge in [0.2, 0.25) is 5.88 Å². The summed E-state index contributed by atoms with van der Waals surface area (Å²) in [4.78, 5) is 38.8. The molecule has 0 spiro atoms. The van der Waals surface area contributed by atoms with Gasteiger partial charge < -0.3 is 20.5 Å². The average molecular weight is 477 g/mol. The van der Waals surface area contributed by atoms with E-state index in [0.29, 0.717) is 37.0 Å². The van der Waals surface area contributed by atoms with E-state index in [1.165, 1.54) is 0 Å². The lowest BCUT2D eigenvalue weighted by Crippen LogP contribution is -2.43. The molecule has 2 aromatic carbocycles. The molecular weight excluding hydrogens is 453 g/mol. The van der Waals surface area contributed by atoms with Gasteiger partial charge in [0.05, 0.1) is 6.20 Å². The van der Waals surface area contributed by atoms with Crippen LogP contribution in [0.1, 0.15) is 46.4 Å². The molecule has 0 unspecified atom stereocenters. The monoisotopic (exact) mass is 477 g/mol. The second-order valence-corrected chi connectivity index (χ2v) is 8.35. The fourth-order valence-electron chi connectivity index (χ4n) is 4.13. The van der Waals surface area contributed by atoms with Crippen LogP contribution in [0.3, 0.4) is 0 Å². The molecule has 2 amide bonds. The lowest BCUT2D eigenvalue weighted by molar-refractivity contribution is 0.0919. The van der Waals surface area contributed by atoms with Crippen molar-refractivity contribution in [3.63, 3.8) is 0 Å². The van der Waals surface area contributed by atoms with Gasteiger partial charge in [-0.25, -0.2) is 14.2 Å². The molecule has 0 bridgehead atoms. The summed E-state index contributed by atoms with van der Waals surface area (Å²) in [7, 11) is 0. The van der Waals surface area contributed by atoms with Gasteiger partial charge in [0.15, 0.2) is 0 Å². The van der Waals surface area contributed by atoms with Crippen LogP contribution in [0.15, 0.2) is 60.8 Å². The highest BCUT2D eigenvalue weighted by atomic mass is 19.1. The van der Waals surface area contributed by atoms with E-state index in [-0.39, 0.29) is 23.5 Å². The predicted octanol–water partition coefficient (Wildman–Crippen LogP) is 4.80. The number of carboxylic acid groups (broad SMARTS) is 1. The zero-order valence-electron chi connectivity index (χ0n) is 18.7. The van der Waals surface area contributed by atoms with Gasteiger partial charge in [0.1, 0.15) is 23.4 Å². The van der Waals surface area contributed by atoms with Gasteiger partial charge in [0, 0.05) is 17.6 Å². The highest BCUT2D eigenvalue weighted by molar-refractivity contribution is 5.96. The van der Waals surface area contributed by atoms with Gasteiger partial charge in [-0.15, -0.1) is 0 Å². The Morgan fingerprint density at radius 1 is 0.971 bits per heavy atom. The first-order valence-corrected chi connectivity index (χ1v) is 11.2. The summed E-state index contributed by atoms with van der Waals surface area (Å²) < 4.78 is 19.8. The molecule has 0 radical (unpaired) electrons. The van der Waals surface area contributed by atoms with Gasteiger partial charge in [-0.2, -0.15) is 0 Å². The molecule has 1 aliphatic carbocycles. The van der Waals surface area contributed by atoms with Crippen molar-refractivity contribution >= 4 is 18.3 Å². The molecule has 0 saturated heterocycles. The number of aldehydes is 1. The standard InChI is InChI=1S/C26H24FN3O5/c27-19-13-23(24(32)29-20-7-9-21(10-8-20)30-26(33)34)25(28-14-19)35-22-6-2-5-18(12-22)17-4-1-3-16(11-17)15-31/h1-6,11-15,20-21,30H,7-10H2,(H,29,32)(H,33,34)/t20-,21-. The van der Waals surface area contributed by atoms with Crippen molar-refractivity contribution in [3.8, 4) is 22.8 Å². The number of amides is 2. The molecule has 1 fully saturated rings. The Balaban J connectivity index is 1.49. The summed E-state index contributed by atoms with van der Waals surface area (Å²) in [6, 6.07) is 14.9. The smallest absolute Gasteiger partial charge is 0.404 e. The van der Waals surface area contributed by atoms with Crippen LogP contribution in [-0.4, -0.2) is 40.5 Å². The van der Waals surface area contributed by atoms with Crippen LogP contribution >= 0.6 is 0 Å². The number of benzene rings is 2. The Bertz CT molecular complexity index is 1240. The molecular formula is C26H24FN3O5. The van der Waals surface area contributed by atoms with Crippen LogP contribution in [0, 0.1) is 5.82 Å². The number of rotatable bonds is 7. The number of halogens is 1.